The van der Waals surface area contributed by atoms with Gasteiger partial charge in [-0.3, -0.25) is 4.98 Å². The minimum Gasteiger partial charge on any atom is -0.348 e. The third-order valence-corrected chi connectivity index (χ3v) is 7.44. The largest absolute Gasteiger partial charge is 0.348 e. The molecule has 3 aromatic rings. The molecule has 0 fully saturated rings. The fourth-order valence-electron chi connectivity index (χ4n) is 5.95. The molecule has 6 nitrogen and oxygen atoms in total. The summed E-state index contributed by atoms with van der Waals surface area (Å²) in [5.74, 6) is 1.04. The van der Waals surface area contributed by atoms with E-state index in [1.807, 2.05) is 12.3 Å². The van der Waals surface area contributed by atoms with Gasteiger partial charge < -0.3 is 19.6 Å². The standard InChI is InChI=1S/C17H13N3.C11H9N3.CH4/c1-2-5-12(6-3-1)16-18-14-8-4-7-13-11-19-9-10-20(16)17(19)15(13)14;1-3-12-9-2-4-13-5-6-14-7-8(1)10(9)11(13)14;/h1-10,17H,11H2;1-6,11H,7H2;1H4. The average Bonchev–Trinajstić information content (AvgIpc) is 3.64. The van der Waals surface area contributed by atoms with Crippen LogP contribution < -0.4 is 0 Å². The number of aromatic nitrogens is 1. The van der Waals surface area contributed by atoms with Crippen LogP contribution >= 0.6 is 0 Å². The molecule has 7 heterocycles. The minimum atomic E-state index is 0. The van der Waals surface area contributed by atoms with E-state index in [0.29, 0.717) is 12.3 Å². The molecule has 1 aromatic heterocycles. The van der Waals surface area contributed by atoms with Gasteiger partial charge in [0.1, 0.15) is 18.2 Å². The van der Waals surface area contributed by atoms with Crippen molar-refractivity contribution in [1.29, 1.82) is 0 Å². The number of aliphatic imine (C=N–C) groups is 1. The number of benzene rings is 2. The van der Waals surface area contributed by atoms with Gasteiger partial charge in [0.2, 0.25) is 0 Å². The third-order valence-electron chi connectivity index (χ3n) is 7.44. The van der Waals surface area contributed by atoms with Crippen molar-refractivity contribution < 1.29 is 0 Å². The summed E-state index contributed by atoms with van der Waals surface area (Å²) in [6.45, 7) is 2.00. The molecule has 0 N–H and O–H groups in total. The van der Waals surface area contributed by atoms with Gasteiger partial charge in [0.15, 0.2) is 0 Å². The number of hydrogen-bond acceptors (Lipinski definition) is 6. The first kappa shape index (κ1) is 20.1. The van der Waals surface area contributed by atoms with Gasteiger partial charge in [-0.2, -0.15) is 0 Å². The molecule has 0 saturated carbocycles. The van der Waals surface area contributed by atoms with E-state index in [4.69, 9.17) is 4.99 Å². The summed E-state index contributed by atoms with van der Waals surface area (Å²) in [6.07, 6.45) is 15.4. The molecule has 172 valence electrons. The van der Waals surface area contributed by atoms with Gasteiger partial charge in [0, 0.05) is 67.0 Å². The van der Waals surface area contributed by atoms with Crippen molar-refractivity contribution in [3.05, 3.63) is 125 Å². The lowest BCUT2D eigenvalue weighted by Gasteiger charge is -2.32. The Labute approximate surface area is 205 Å². The lowest BCUT2D eigenvalue weighted by Crippen LogP contribution is -2.33. The summed E-state index contributed by atoms with van der Waals surface area (Å²) in [5, 5.41) is 0. The second kappa shape index (κ2) is 7.34. The Hall–Kier alpha value is -4.32. The average molecular weight is 459 g/mol. The lowest BCUT2D eigenvalue weighted by atomic mass is 10.0. The van der Waals surface area contributed by atoms with E-state index in [2.05, 4.69) is 110 Å². The number of pyridine rings is 1. The summed E-state index contributed by atoms with van der Waals surface area (Å²) in [5.41, 5.74) is 9.00. The molecule has 2 unspecified atom stereocenters. The summed E-state index contributed by atoms with van der Waals surface area (Å²) < 4.78 is 0. The zero-order valence-corrected chi connectivity index (χ0v) is 18.5. The van der Waals surface area contributed by atoms with Crippen LogP contribution in [0, 0.1) is 0 Å². The molecule has 2 aromatic carbocycles. The van der Waals surface area contributed by atoms with E-state index in [0.717, 1.165) is 30.3 Å². The topological polar surface area (TPSA) is 38.2 Å². The Morgan fingerprint density at radius 3 is 2.40 bits per heavy atom. The van der Waals surface area contributed by atoms with Crippen LogP contribution in [0.25, 0.3) is 6.08 Å². The third kappa shape index (κ3) is 2.77. The van der Waals surface area contributed by atoms with E-state index in [-0.39, 0.29) is 7.43 Å². The van der Waals surface area contributed by atoms with E-state index in [1.165, 1.54) is 27.8 Å². The molecule has 35 heavy (non-hydrogen) atoms. The first-order valence-corrected chi connectivity index (χ1v) is 11.7. The highest BCUT2D eigenvalue weighted by Gasteiger charge is 2.42. The minimum absolute atomic E-state index is 0. The maximum atomic E-state index is 4.91. The fourth-order valence-corrected chi connectivity index (χ4v) is 5.95. The van der Waals surface area contributed by atoms with Crippen molar-refractivity contribution in [2.75, 3.05) is 0 Å². The Morgan fingerprint density at radius 1 is 0.714 bits per heavy atom. The molecule has 6 heteroatoms. The summed E-state index contributed by atoms with van der Waals surface area (Å²) in [6, 6.07) is 19.0. The molecule has 2 atom stereocenters. The molecule has 0 aliphatic carbocycles. The zero-order chi connectivity index (χ0) is 22.2. The monoisotopic (exact) mass is 458 g/mol. The van der Waals surface area contributed by atoms with E-state index < -0.39 is 0 Å². The number of amidine groups is 1. The summed E-state index contributed by atoms with van der Waals surface area (Å²) in [4.78, 5) is 18.6. The highest BCUT2D eigenvalue weighted by Crippen LogP contribution is 2.48. The van der Waals surface area contributed by atoms with Gasteiger partial charge >= 0.3 is 0 Å². The Kier molecular flexibility index (Phi) is 4.21. The van der Waals surface area contributed by atoms with Gasteiger partial charge in [-0.25, -0.2) is 4.99 Å². The van der Waals surface area contributed by atoms with Gasteiger partial charge in [-0.1, -0.05) is 49.9 Å². The highest BCUT2D eigenvalue weighted by molar-refractivity contribution is 6.02. The van der Waals surface area contributed by atoms with Crippen LogP contribution in [0.2, 0.25) is 0 Å². The van der Waals surface area contributed by atoms with E-state index in [1.54, 1.807) is 0 Å². The Morgan fingerprint density at radius 2 is 1.51 bits per heavy atom. The van der Waals surface area contributed by atoms with Crippen molar-refractivity contribution in [3.8, 4) is 0 Å². The molecule has 9 rings (SSSR count). The molecular weight excluding hydrogens is 432 g/mol. The van der Waals surface area contributed by atoms with Crippen LogP contribution in [0.5, 0.6) is 0 Å². The normalized spacial score (nSPS) is 22.0. The maximum absolute atomic E-state index is 4.91. The van der Waals surface area contributed by atoms with Gasteiger partial charge in [-0.15, -0.1) is 0 Å². The first-order chi connectivity index (χ1) is 16.8. The van der Waals surface area contributed by atoms with Crippen molar-refractivity contribution in [2.45, 2.75) is 32.8 Å². The van der Waals surface area contributed by atoms with Crippen molar-refractivity contribution in [2.24, 2.45) is 4.99 Å². The second-order valence-corrected chi connectivity index (χ2v) is 9.28. The van der Waals surface area contributed by atoms with E-state index >= 15 is 0 Å². The van der Waals surface area contributed by atoms with Crippen molar-refractivity contribution in [1.82, 2.24) is 24.6 Å². The van der Waals surface area contributed by atoms with Crippen LogP contribution in [0.3, 0.4) is 0 Å². The quantitative estimate of drug-likeness (QED) is 0.469. The van der Waals surface area contributed by atoms with Gasteiger partial charge in [0.05, 0.1) is 11.4 Å². The van der Waals surface area contributed by atoms with Gasteiger partial charge in [-0.05, 0) is 29.3 Å². The predicted octanol–water partition coefficient (Wildman–Crippen LogP) is 5.68. The van der Waals surface area contributed by atoms with E-state index in [9.17, 15) is 0 Å². The predicted molar refractivity (Wildman–Crippen MR) is 138 cm³/mol. The smallest absolute Gasteiger partial charge is 0.142 e. The van der Waals surface area contributed by atoms with Crippen molar-refractivity contribution in [3.63, 3.8) is 0 Å². The molecule has 6 aliphatic rings. The Balaban J connectivity index is 0.000000123. The van der Waals surface area contributed by atoms with Crippen LogP contribution in [0.15, 0.2) is 96.8 Å². The Bertz CT molecular complexity index is 1450. The van der Waals surface area contributed by atoms with Gasteiger partial charge in [0.25, 0.3) is 0 Å². The summed E-state index contributed by atoms with van der Waals surface area (Å²) in [7, 11) is 0. The van der Waals surface area contributed by atoms with Crippen LogP contribution in [-0.4, -0.2) is 30.4 Å². The van der Waals surface area contributed by atoms with Crippen LogP contribution in [-0.2, 0) is 13.1 Å². The molecule has 0 saturated heterocycles. The lowest BCUT2D eigenvalue weighted by molar-refractivity contribution is 0.214. The van der Waals surface area contributed by atoms with Crippen LogP contribution in [0.4, 0.5) is 5.69 Å². The zero-order valence-electron chi connectivity index (χ0n) is 18.5. The number of rotatable bonds is 1. The fraction of sp³-hybridized carbons (Fsp3) is 0.172. The second-order valence-electron chi connectivity index (χ2n) is 9.28. The molecule has 0 bridgehead atoms. The van der Waals surface area contributed by atoms with Crippen LogP contribution in [0.1, 0.15) is 53.3 Å². The number of hydrogen-bond donors (Lipinski definition) is 0. The molecule has 0 amide bonds. The molecule has 0 radical (unpaired) electrons. The molecule has 0 spiro atoms. The number of nitrogens with zero attached hydrogens (tertiary/aromatic N) is 6. The molecule has 6 aliphatic heterocycles. The SMILES string of the molecule is C.C1=CN2C(c3ccccc3)=Nc3cccc4c3C2N1C4.C1=CN2C=CN3Cc4ccnc1c4C23. The van der Waals surface area contributed by atoms with Crippen molar-refractivity contribution >= 4 is 17.6 Å². The molecular formula is C29H26N6. The maximum Gasteiger partial charge on any atom is 0.142 e. The summed E-state index contributed by atoms with van der Waals surface area (Å²) >= 11 is 0. The first-order valence-electron chi connectivity index (χ1n) is 11.7. The highest BCUT2D eigenvalue weighted by atomic mass is 15.4.